The lowest BCUT2D eigenvalue weighted by Crippen LogP contribution is -2.40. The number of rotatable bonds is 7. The summed E-state index contributed by atoms with van der Waals surface area (Å²) in [4.78, 5) is 32.7. The zero-order valence-electron chi connectivity index (χ0n) is 21.6. The van der Waals surface area contributed by atoms with Crippen molar-refractivity contribution >= 4 is 29.1 Å². The van der Waals surface area contributed by atoms with Gasteiger partial charge in [-0.3, -0.25) is 9.36 Å². The molecule has 0 spiro atoms. The molecule has 8 nitrogen and oxygen atoms in total. The fourth-order valence-corrected chi connectivity index (χ4v) is 5.50. The Balaban J connectivity index is 1.84. The van der Waals surface area contributed by atoms with E-state index in [0.717, 1.165) is 11.1 Å². The number of phenols is 1. The van der Waals surface area contributed by atoms with Gasteiger partial charge in [-0.2, -0.15) is 0 Å². The van der Waals surface area contributed by atoms with Crippen molar-refractivity contribution in [2.45, 2.75) is 13.0 Å². The maximum atomic E-state index is 13.9. The average molecular weight is 543 g/mol. The van der Waals surface area contributed by atoms with Crippen LogP contribution >= 0.6 is 11.3 Å². The van der Waals surface area contributed by atoms with Gasteiger partial charge in [0.25, 0.3) is 5.56 Å². The highest BCUT2D eigenvalue weighted by molar-refractivity contribution is 7.07. The lowest BCUT2D eigenvalue weighted by Gasteiger charge is -2.26. The largest absolute Gasteiger partial charge is 0.508 e. The number of thiazole rings is 1. The van der Waals surface area contributed by atoms with E-state index < -0.39 is 12.0 Å². The number of ether oxygens (including phenoxy) is 3. The molecule has 0 aliphatic carbocycles. The summed E-state index contributed by atoms with van der Waals surface area (Å²) in [7, 11) is 3.07. The number of carbonyl (C=O) groups excluding carboxylic acids is 1. The third-order valence-corrected chi connectivity index (χ3v) is 7.27. The van der Waals surface area contributed by atoms with Gasteiger partial charge in [-0.25, -0.2) is 9.79 Å². The van der Waals surface area contributed by atoms with Crippen LogP contribution in [0.4, 0.5) is 0 Å². The summed E-state index contributed by atoms with van der Waals surface area (Å²) in [6.45, 7) is 1.90. The molecule has 0 saturated heterocycles. The van der Waals surface area contributed by atoms with Gasteiger partial charge in [0.2, 0.25) is 0 Å². The van der Waals surface area contributed by atoms with Gasteiger partial charge in [0.1, 0.15) is 5.75 Å². The van der Waals surface area contributed by atoms with E-state index in [1.54, 1.807) is 62.6 Å². The molecule has 3 aromatic carbocycles. The number of esters is 1. The Kier molecular flexibility index (Phi) is 7.33. The van der Waals surface area contributed by atoms with E-state index in [4.69, 9.17) is 19.2 Å². The van der Waals surface area contributed by atoms with Gasteiger partial charge in [-0.15, -0.1) is 0 Å². The smallest absolute Gasteiger partial charge is 0.338 e. The third-order valence-electron chi connectivity index (χ3n) is 6.29. The molecule has 0 fully saturated rings. The number of aromatic nitrogens is 1. The summed E-state index contributed by atoms with van der Waals surface area (Å²) < 4.78 is 18.4. The number of nitrogens with zero attached hydrogens (tertiary/aromatic N) is 2. The van der Waals surface area contributed by atoms with Crippen molar-refractivity contribution < 1.29 is 24.1 Å². The number of carbonyl (C=O) groups is 1. The molecule has 5 rings (SSSR count). The summed E-state index contributed by atoms with van der Waals surface area (Å²) in [6, 6.07) is 20.4. The second-order valence-corrected chi connectivity index (χ2v) is 9.65. The molecular weight excluding hydrogens is 516 g/mol. The van der Waals surface area contributed by atoms with E-state index in [9.17, 15) is 14.7 Å². The molecular formula is C30H26N2O6S. The zero-order valence-corrected chi connectivity index (χ0v) is 22.4. The summed E-state index contributed by atoms with van der Waals surface area (Å²) in [5.74, 6) is 0.551. The van der Waals surface area contributed by atoms with Gasteiger partial charge in [-0.1, -0.05) is 59.9 Å². The molecule has 1 aliphatic rings. The topological polar surface area (TPSA) is 99.4 Å². The summed E-state index contributed by atoms with van der Waals surface area (Å²) in [5.41, 5.74) is 2.48. The van der Waals surface area contributed by atoms with Crippen molar-refractivity contribution in [1.82, 2.24) is 4.57 Å². The molecule has 0 radical (unpaired) electrons. The number of hydrogen-bond donors (Lipinski definition) is 1. The normalized spacial score (nSPS) is 14.9. The molecule has 0 saturated carbocycles. The van der Waals surface area contributed by atoms with Gasteiger partial charge in [0, 0.05) is 5.56 Å². The van der Waals surface area contributed by atoms with E-state index in [2.05, 4.69) is 0 Å². The number of benzene rings is 3. The van der Waals surface area contributed by atoms with E-state index in [1.807, 2.05) is 30.3 Å². The Morgan fingerprint density at radius 1 is 1.03 bits per heavy atom. The van der Waals surface area contributed by atoms with Crippen LogP contribution in [0.25, 0.3) is 11.8 Å². The number of phenolic OH excluding ortho intramolecular Hbond substituents is 1. The van der Waals surface area contributed by atoms with Gasteiger partial charge >= 0.3 is 5.97 Å². The van der Waals surface area contributed by atoms with Crippen LogP contribution in [0.15, 0.2) is 88.2 Å². The second-order valence-electron chi connectivity index (χ2n) is 8.64. The standard InChI is InChI=1S/C30H26N2O6S/c1-4-38-29(35)25-26(19-8-6-5-7-9-19)31-30-32(27(25)20-12-15-22(36-2)23(17-20)37-3)28(34)24(39-30)16-18-10-13-21(33)14-11-18/h5-17,27,33H,4H2,1-3H3/b24-16-/t27-/m0/s1. The van der Waals surface area contributed by atoms with E-state index in [0.29, 0.717) is 32.1 Å². The van der Waals surface area contributed by atoms with Crippen molar-refractivity contribution in [3.63, 3.8) is 0 Å². The molecule has 4 aromatic rings. The molecule has 9 heteroatoms. The maximum Gasteiger partial charge on any atom is 0.338 e. The first kappa shape index (κ1) is 26.0. The van der Waals surface area contributed by atoms with Crippen LogP contribution in [0.2, 0.25) is 0 Å². The second kappa shape index (κ2) is 11.0. The Morgan fingerprint density at radius 3 is 2.41 bits per heavy atom. The highest BCUT2D eigenvalue weighted by Gasteiger charge is 2.35. The maximum absolute atomic E-state index is 13.9. The monoisotopic (exact) mass is 542 g/mol. The molecule has 0 amide bonds. The minimum Gasteiger partial charge on any atom is -0.508 e. The molecule has 1 N–H and O–H groups in total. The third kappa shape index (κ3) is 4.96. The molecule has 1 aliphatic heterocycles. The van der Waals surface area contributed by atoms with E-state index in [-0.39, 0.29) is 23.5 Å². The minimum atomic E-state index is -0.836. The molecule has 198 valence electrons. The van der Waals surface area contributed by atoms with Crippen molar-refractivity contribution in [1.29, 1.82) is 0 Å². The first-order chi connectivity index (χ1) is 18.9. The number of fused-ring (bicyclic) bond motifs is 1. The predicted molar refractivity (Wildman–Crippen MR) is 149 cm³/mol. The molecule has 1 atom stereocenters. The van der Waals surface area contributed by atoms with Crippen molar-refractivity contribution in [2.24, 2.45) is 4.99 Å². The van der Waals surface area contributed by atoms with Crippen molar-refractivity contribution in [2.75, 3.05) is 20.8 Å². The molecule has 0 bridgehead atoms. The predicted octanol–water partition coefficient (Wildman–Crippen LogP) is 3.66. The van der Waals surface area contributed by atoms with Crippen LogP contribution in [0.5, 0.6) is 17.2 Å². The zero-order chi connectivity index (χ0) is 27.5. The van der Waals surface area contributed by atoms with Crippen LogP contribution in [0.3, 0.4) is 0 Å². The first-order valence-corrected chi connectivity index (χ1v) is 13.1. The fourth-order valence-electron chi connectivity index (χ4n) is 4.50. The summed E-state index contributed by atoms with van der Waals surface area (Å²) in [5, 5.41) is 9.65. The van der Waals surface area contributed by atoms with Crippen LogP contribution in [0, 0.1) is 0 Å². The quantitative estimate of drug-likeness (QED) is 0.358. The van der Waals surface area contributed by atoms with Gasteiger partial charge < -0.3 is 19.3 Å². The van der Waals surface area contributed by atoms with Gasteiger partial charge in [-0.05, 0) is 48.4 Å². The van der Waals surface area contributed by atoms with Gasteiger partial charge in [0.05, 0.1) is 42.7 Å². The Bertz CT molecular complexity index is 1740. The van der Waals surface area contributed by atoms with Crippen LogP contribution in [-0.4, -0.2) is 36.5 Å². The van der Waals surface area contributed by atoms with E-state index >= 15 is 0 Å². The van der Waals surface area contributed by atoms with Gasteiger partial charge in [0.15, 0.2) is 16.3 Å². The first-order valence-electron chi connectivity index (χ1n) is 12.2. The minimum absolute atomic E-state index is 0.133. The SMILES string of the molecule is CCOC(=O)C1=C(c2ccccc2)N=c2s/c(=C\c3ccc(O)cc3)c(=O)n2[C@H]1c1ccc(OC)c(OC)c1. The lowest BCUT2D eigenvalue weighted by molar-refractivity contribution is -0.138. The highest BCUT2D eigenvalue weighted by atomic mass is 32.1. The lowest BCUT2D eigenvalue weighted by atomic mass is 9.93. The Morgan fingerprint density at radius 2 is 1.74 bits per heavy atom. The fraction of sp³-hybridized carbons (Fsp3) is 0.167. The summed E-state index contributed by atoms with van der Waals surface area (Å²) >= 11 is 1.23. The average Bonchev–Trinajstić information content (AvgIpc) is 3.27. The van der Waals surface area contributed by atoms with Crippen LogP contribution < -0.4 is 24.4 Å². The molecule has 0 unspecified atom stereocenters. The van der Waals surface area contributed by atoms with Crippen LogP contribution in [-0.2, 0) is 9.53 Å². The molecule has 39 heavy (non-hydrogen) atoms. The highest BCUT2D eigenvalue weighted by Crippen LogP contribution is 2.38. The van der Waals surface area contributed by atoms with Crippen molar-refractivity contribution in [3.05, 3.63) is 115 Å². The number of hydrogen-bond acceptors (Lipinski definition) is 8. The Labute approximate surface area is 228 Å². The number of aromatic hydroxyl groups is 1. The van der Waals surface area contributed by atoms with Crippen LogP contribution in [0.1, 0.15) is 29.7 Å². The number of methoxy groups -OCH3 is 2. The van der Waals surface area contributed by atoms with Crippen molar-refractivity contribution in [3.8, 4) is 17.2 Å². The molecule has 2 heterocycles. The molecule has 1 aromatic heterocycles. The Hall–Kier alpha value is -4.63. The van der Waals surface area contributed by atoms with E-state index in [1.165, 1.54) is 23.0 Å². The summed E-state index contributed by atoms with van der Waals surface area (Å²) in [6.07, 6.45) is 1.74.